The van der Waals surface area contributed by atoms with E-state index in [2.05, 4.69) is 15.5 Å². The van der Waals surface area contributed by atoms with Crippen LogP contribution >= 0.6 is 0 Å². The standard InChI is InChI=1S/C10H12N6O4/c1-20-7-15-5-8(4-11-15)12-10(17)6-14-3-2-9(13-14)16(18)19/h2-5H,6-7H2,1H3,(H,12,17). The highest BCUT2D eigenvalue weighted by molar-refractivity contribution is 5.90. The summed E-state index contributed by atoms with van der Waals surface area (Å²) in [7, 11) is 1.53. The van der Waals surface area contributed by atoms with Crippen LogP contribution in [0.1, 0.15) is 0 Å². The van der Waals surface area contributed by atoms with Crippen molar-refractivity contribution in [3.63, 3.8) is 0 Å². The number of aromatic nitrogens is 4. The zero-order chi connectivity index (χ0) is 14.5. The zero-order valence-corrected chi connectivity index (χ0v) is 10.6. The van der Waals surface area contributed by atoms with Crippen LogP contribution in [-0.2, 0) is 22.8 Å². The molecular weight excluding hydrogens is 268 g/mol. The van der Waals surface area contributed by atoms with E-state index < -0.39 is 4.92 Å². The molecule has 10 heteroatoms. The number of amides is 1. The lowest BCUT2D eigenvalue weighted by molar-refractivity contribution is -0.389. The molecule has 0 spiro atoms. The number of anilines is 1. The van der Waals surface area contributed by atoms with Crippen molar-refractivity contribution in [2.24, 2.45) is 0 Å². The van der Waals surface area contributed by atoms with Gasteiger partial charge in [-0.25, -0.2) is 4.68 Å². The minimum atomic E-state index is -0.622. The summed E-state index contributed by atoms with van der Waals surface area (Å²) in [6.07, 6.45) is 4.45. The first-order chi connectivity index (χ1) is 9.58. The van der Waals surface area contributed by atoms with Gasteiger partial charge in [0.2, 0.25) is 5.91 Å². The molecule has 0 atom stereocenters. The fourth-order valence-electron chi connectivity index (χ4n) is 1.52. The molecule has 20 heavy (non-hydrogen) atoms. The van der Waals surface area contributed by atoms with Gasteiger partial charge in [0.1, 0.15) is 13.3 Å². The van der Waals surface area contributed by atoms with E-state index in [1.54, 1.807) is 6.20 Å². The largest absolute Gasteiger partial charge is 0.389 e. The highest BCUT2D eigenvalue weighted by atomic mass is 16.6. The summed E-state index contributed by atoms with van der Waals surface area (Å²) in [4.78, 5) is 21.6. The van der Waals surface area contributed by atoms with Crippen molar-refractivity contribution in [1.29, 1.82) is 0 Å². The van der Waals surface area contributed by atoms with Crippen molar-refractivity contribution in [2.45, 2.75) is 13.3 Å². The molecule has 2 aromatic heterocycles. The van der Waals surface area contributed by atoms with Crippen LogP contribution in [0, 0.1) is 10.1 Å². The maximum absolute atomic E-state index is 11.7. The lowest BCUT2D eigenvalue weighted by atomic mass is 10.5. The molecule has 1 N–H and O–H groups in total. The quantitative estimate of drug-likeness (QED) is 0.598. The molecule has 0 radical (unpaired) electrons. The third kappa shape index (κ3) is 3.38. The Bertz CT molecular complexity index is 619. The predicted octanol–water partition coefficient (Wildman–Crippen LogP) is 0.230. The topological polar surface area (TPSA) is 117 Å². The van der Waals surface area contributed by atoms with Gasteiger partial charge in [-0.05, 0) is 4.92 Å². The number of carbonyl (C=O) groups is 1. The average Bonchev–Trinajstić information content (AvgIpc) is 2.99. The summed E-state index contributed by atoms with van der Waals surface area (Å²) < 4.78 is 7.57. The van der Waals surface area contributed by atoms with Crippen molar-refractivity contribution in [3.8, 4) is 0 Å². The second-order valence-electron chi connectivity index (χ2n) is 3.86. The van der Waals surface area contributed by atoms with Gasteiger partial charge in [-0.1, -0.05) is 0 Å². The Morgan fingerprint density at radius 3 is 3.00 bits per heavy atom. The van der Waals surface area contributed by atoms with Gasteiger partial charge in [-0.3, -0.25) is 4.79 Å². The first-order valence-corrected chi connectivity index (χ1v) is 5.57. The Morgan fingerprint density at radius 1 is 1.55 bits per heavy atom. The lowest BCUT2D eigenvalue weighted by Crippen LogP contribution is -2.18. The van der Waals surface area contributed by atoms with Crippen molar-refractivity contribution in [3.05, 3.63) is 34.8 Å². The van der Waals surface area contributed by atoms with Crippen LogP contribution in [0.15, 0.2) is 24.7 Å². The number of methoxy groups -OCH3 is 1. The Balaban J connectivity index is 1.92. The number of hydrogen-bond acceptors (Lipinski definition) is 6. The second kappa shape index (κ2) is 5.93. The van der Waals surface area contributed by atoms with Gasteiger partial charge in [0.25, 0.3) is 0 Å². The summed E-state index contributed by atoms with van der Waals surface area (Å²) >= 11 is 0. The SMILES string of the molecule is COCn1cc(NC(=O)Cn2ccc([N+](=O)[O-])n2)cn1. The molecule has 0 aliphatic rings. The van der Waals surface area contributed by atoms with Gasteiger partial charge >= 0.3 is 5.82 Å². The van der Waals surface area contributed by atoms with Crippen molar-refractivity contribution < 1.29 is 14.5 Å². The smallest absolute Gasteiger partial charge is 0.362 e. The fourth-order valence-corrected chi connectivity index (χ4v) is 1.52. The molecule has 0 aliphatic heterocycles. The van der Waals surface area contributed by atoms with E-state index in [-0.39, 0.29) is 25.0 Å². The number of rotatable bonds is 6. The lowest BCUT2D eigenvalue weighted by Gasteiger charge is -2.00. The zero-order valence-electron chi connectivity index (χ0n) is 10.6. The monoisotopic (exact) mass is 280 g/mol. The molecule has 0 saturated carbocycles. The molecule has 1 amide bonds. The minimum absolute atomic E-state index is 0.122. The van der Waals surface area contributed by atoms with E-state index in [0.717, 1.165) is 0 Å². The van der Waals surface area contributed by atoms with E-state index in [1.165, 1.54) is 34.9 Å². The number of nitro groups is 1. The Kier molecular flexibility index (Phi) is 4.05. The van der Waals surface area contributed by atoms with Crippen molar-refractivity contribution in [1.82, 2.24) is 19.6 Å². The summed E-state index contributed by atoms with van der Waals surface area (Å²) in [5, 5.41) is 20.7. The van der Waals surface area contributed by atoms with Crippen molar-refractivity contribution in [2.75, 3.05) is 12.4 Å². The molecule has 2 aromatic rings. The Labute approximate surface area is 113 Å². The van der Waals surface area contributed by atoms with Gasteiger partial charge in [-0.15, -0.1) is 0 Å². The summed E-state index contributed by atoms with van der Waals surface area (Å²) in [5.41, 5.74) is 0.508. The summed E-state index contributed by atoms with van der Waals surface area (Å²) in [6.45, 7) is 0.157. The molecular formula is C10H12N6O4. The van der Waals surface area contributed by atoms with Crippen LogP contribution in [0.4, 0.5) is 11.5 Å². The maximum Gasteiger partial charge on any atom is 0.389 e. The number of carbonyl (C=O) groups excluding carboxylic acids is 1. The van der Waals surface area contributed by atoms with Gasteiger partial charge in [0, 0.05) is 7.11 Å². The van der Waals surface area contributed by atoms with Gasteiger partial charge in [0.15, 0.2) is 0 Å². The van der Waals surface area contributed by atoms with Gasteiger partial charge in [-0.2, -0.15) is 9.78 Å². The highest BCUT2D eigenvalue weighted by Gasteiger charge is 2.13. The van der Waals surface area contributed by atoms with Crippen LogP contribution in [0.5, 0.6) is 0 Å². The van der Waals surface area contributed by atoms with Crippen LogP contribution in [-0.4, -0.2) is 37.5 Å². The molecule has 10 nitrogen and oxygen atoms in total. The normalized spacial score (nSPS) is 10.4. The first kappa shape index (κ1) is 13.7. The average molecular weight is 280 g/mol. The molecule has 106 valence electrons. The van der Waals surface area contributed by atoms with Crippen LogP contribution in [0.2, 0.25) is 0 Å². The third-order valence-corrected chi connectivity index (χ3v) is 2.30. The summed E-state index contributed by atoms with van der Waals surface area (Å²) in [5.74, 6) is -0.661. The molecule has 0 saturated heterocycles. The number of nitrogens with one attached hydrogen (secondary N) is 1. The molecule has 0 unspecified atom stereocenters. The minimum Gasteiger partial charge on any atom is -0.362 e. The molecule has 0 fully saturated rings. The Morgan fingerprint density at radius 2 is 2.35 bits per heavy atom. The molecule has 0 aromatic carbocycles. The van der Waals surface area contributed by atoms with E-state index in [1.807, 2.05) is 0 Å². The number of ether oxygens (including phenoxy) is 1. The molecule has 2 heterocycles. The first-order valence-electron chi connectivity index (χ1n) is 5.57. The second-order valence-corrected chi connectivity index (χ2v) is 3.86. The molecule has 2 rings (SSSR count). The third-order valence-electron chi connectivity index (χ3n) is 2.30. The van der Waals surface area contributed by atoms with Crippen molar-refractivity contribution >= 4 is 17.4 Å². The van der Waals surface area contributed by atoms with Crippen LogP contribution in [0.25, 0.3) is 0 Å². The van der Waals surface area contributed by atoms with Gasteiger partial charge in [0.05, 0.1) is 35.4 Å². The van der Waals surface area contributed by atoms with E-state index in [4.69, 9.17) is 4.74 Å². The van der Waals surface area contributed by atoms with Crippen LogP contribution < -0.4 is 5.32 Å². The number of nitrogens with zero attached hydrogens (tertiary/aromatic N) is 5. The van der Waals surface area contributed by atoms with E-state index in [9.17, 15) is 14.9 Å². The fraction of sp³-hybridized carbons (Fsp3) is 0.300. The van der Waals surface area contributed by atoms with E-state index in [0.29, 0.717) is 5.69 Å². The predicted molar refractivity (Wildman–Crippen MR) is 66.7 cm³/mol. The molecule has 0 aliphatic carbocycles. The number of hydrogen-bond donors (Lipinski definition) is 1. The molecule has 0 bridgehead atoms. The van der Waals surface area contributed by atoms with Crippen LogP contribution in [0.3, 0.4) is 0 Å². The summed E-state index contributed by atoms with van der Waals surface area (Å²) in [6, 6.07) is 1.23. The Hall–Kier alpha value is -2.75. The maximum atomic E-state index is 11.7. The highest BCUT2D eigenvalue weighted by Crippen LogP contribution is 2.07. The van der Waals surface area contributed by atoms with E-state index >= 15 is 0 Å². The van der Waals surface area contributed by atoms with Gasteiger partial charge < -0.3 is 20.2 Å².